The number of carbonyl (C=O) groups is 2. The van der Waals surface area contributed by atoms with Crippen molar-refractivity contribution in [3.05, 3.63) is 59.7 Å². The highest BCUT2D eigenvalue weighted by Crippen LogP contribution is 2.17. The molecule has 1 N–H and O–H groups in total. The summed E-state index contributed by atoms with van der Waals surface area (Å²) in [5.41, 5.74) is 3.84. The molecule has 37 heavy (non-hydrogen) atoms. The number of nitrogens with zero attached hydrogens (tertiary/aromatic N) is 1. The molecule has 2 rings (SSSR count). The van der Waals surface area contributed by atoms with E-state index in [2.05, 4.69) is 17.5 Å². The molecule has 0 heterocycles. The van der Waals surface area contributed by atoms with Gasteiger partial charge in [0.2, 0.25) is 5.91 Å². The van der Waals surface area contributed by atoms with Gasteiger partial charge in [-0.3, -0.25) is 4.79 Å². The number of ether oxygens (including phenoxy) is 2. The highest BCUT2D eigenvalue weighted by atomic mass is 16.5. The summed E-state index contributed by atoms with van der Waals surface area (Å²) in [5, 5.41) is 4.03. The Morgan fingerprint density at radius 2 is 1.30 bits per heavy atom. The van der Waals surface area contributed by atoms with E-state index < -0.39 is 5.97 Å². The number of hydrazone groups is 1. The Labute approximate surface area is 222 Å². The normalized spacial score (nSPS) is 11.0. The van der Waals surface area contributed by atoms with Crippen LogP contribution in [-0.4, -0.2) is 24.7 Å². The molecule has 0 radical (unpaired) electrons. The van der Waals surface area contributed by atoms with Crippen LogP contribution >= 0.6 is 0 Å². The minimum atomic E-state index is -0.432. The van der Waals surface area contributed by atoms with Gasteiger partial charge in [-0.25, -0.2) is 10.2 Å². The molecule has 2 aromatic carbocycles. The van der Waals surface area contributed by atoms with Crippen molar-refractivity contribution >= 4 is 18.1 Å². The molecular formula is C31H44N2O4. The zero-order valence-corrected chi connectivity index (χ0v) is 22.7. The van der Waals surface area contributed by atoms with Gasteiger partial charge in [0.05, 0.1) is 18.4 Å². The van der Waals surface area contributed by atoms with Crippen molar-refractivity contribution in [2.75, 3.05) is 6.61 Å². The van der Waals surface area contributed by atoms with E-state index in [0.29, 0.717) is 24.3 Å². The van der Waals surface area contributed by atoms with Crippen LogP contribution in [0.1, 0.15) is 113 Å². The maximum Gasteiger partial charge on any atom is 0.343 e. The zero-order valence-electron chi connectivity index (χ0n) is 22.7. The van der Waals surface area contributed by atoms with Gasteiger partial charge in [0, 0.05) is 6.42 Å². The van der Waals surface area contributed by atoms with E-state index >= 15 is 0 Å². The number of hydrogen-bond donors (Lipinski definition) is 1. The van der Waals surface area contributed by atoms with Gasteiger partial charge in [-0.15, -0.1) is 0 Å². The molecule has 0 bridgehead atoms. The topological polar surface area (TPSA) is 77.0 Å². The second kappa shape index (κ2) is 19.0. The van der Waals surface area contributed by atoms with Crippen molar-refractivity contribution in [2.24, 2.45) is 5.10 Å². The highest BCUT2D eigenvalue weighted by Gasteiger charge is 2.09. The summed E-state index contributed by atoms with van der Waals surface area (Å²) in [6, 6.07) is 13.9. The van der Waals surface area contributed by atoms with Crippen LogP contribution in [0.2, 0.25) is 0 Å². The molecule has 6 heteroatoms. The average Bonchev–Trinajstić information content (AvgIpc) is 2.91. The van der Waals surface area contributed by atoms with Crippen molar-refractivity contribution < 1.29 is 19.1 Å². The van der Waals surface area contributed by atoms with Crippen LogP contribution in [-0.2, 0) is 4.79 Å². The molecule has 0 aliphatic carbocycles. The number of esters is 1. The number of rotatable bonds is 19. The first-order chi connectivity index (χ1) is 18.1. The van der Waals surface area contributed by atoms with Gasteiger partial charge in [0.25, 0.3) is 0 Å². The summed E-state index contributed by atoms with van der Waals surface area (Å²) in [6.07, 6.45) is 16.9. The minimum Gasteiger partial charge on any atom is -0.494 e. The van der Waals surface area contributed by atoms with Gasteiger partial charge in [0.15, 0.2) is 0 Å². The van der Waals surface area contributed by atoms with Gasteiger partial charge in [-0.1, -0.05) is 78.1 Å². The third kappa shape index (κ3) is 13.7. The van der Waals surface area contributed by atoms with Crippen LogP contribution in [0.3, 0.4) is 0 Å². The molecule has 0 unspecified atom stereocenters. The molecule has 0 fully saturated rings. The summed E-state index contributed by atoms with van der Waals surface area (Å²) < 4.78 is 11.0. The van der Waals surface area contributed by atoms with Crippen molar-refractivity contribution in [3.8, 4) is 11.5 Å². The van der Waals surface area contributed by atoms with Crippen LogP contribution in [0.5, 0.6) is 11.5 Å². The first-order valence-corrected chi connectivity index (χ1v) is 14.0. The minimum absolute atomic E-state index is 0.0659. The predicted octanol–water partition coefficient (Wildman–Crippen LogP) is 7.85. The summed E-state index contributed by atoms with van der Waals surface area (Å²) in [6.45, 7) is 4.93. The Kier molecular flexibility index (Phi) is 15.5. The van der Waals surface area contributed by atoms with Crippen LogP contribution in [0.4, 0.5) is 0 Å². The van der Waals surface area contributed by atoms with Crippen LogP contribution in [0, 0.1) is 0 Å². The van der Waals surface area contributed by atoms with E-state index in [1.807, 2.05) is 6.92 Å². The molecule has 0 saturated carbocycles. The second-order valence-electron chi connectivity index (χ2n) is 9.41. The summed E-state index contributed by atoms with van der Waals surface area (Å²) in [5.74, 6) is 0.670. The molecule has 0 saturated heterocycles. The number of unbranched alkanes of at least 4 members (excludes halogenated alkanes) is 10. The SMILES string of the molecule is CCCCCCCCCCCCCC(=O)NN=Cc1ccc(OC(=O)c2ccc(OCCC)cc2)cc1. The lowest BCUT2D eigenvalue weighted by molar-refractivity contribution is -0.121. The zero-order chi connectivity index (χ0) is 26.6. The average molecular weight is 509 g/mol. The molecule has 1 amide bonds. The Morgan fingerprint density at radius 3 is 1.89 bits per heavy atom. The Hall–Kier alpha value is -3.15. The van der Waals surface area contributed by atoms with E-state index in [-0.39, 0.29) is 5.91 Å². The molecule has 202 valence electrons. The number of benzene rings is 2. The lowest BCUT2D eigenvalue weighted by atomic mass is 10.1. The maximum atomic E-state index is 12.4. The number of carbonyl (C=O) groups excluding carboxylic acids is 2. The van der Waals surface area contributed by atoms with Gasteiger partial charge in [-0.05, 0) is 66.9 Å². The standard InChI is InChI=1S/C31H44N2O4/c1-3-5-6-7-8-9-10-11-12-13-14-15-30(34)33-32-25-26-16-20-29(21-17-26)37-31(35)27-18-22-28(23-19-27)36-24-4-2/h16-23,25H,3-15,24H2,1-2H3,(H,33,34). The monoisotopic (exact) mass is 508 g/mol. The summed E-state index contributed by atoms with van der Waals surface area (Å²) in [4.78, 5) is 24.3. The van der Waals surface area contributed by atoms with E-state index in [9.17, 15) is 9.59 Å². The fourth-order valence-electron chi connectivity index (χ4n) is 3.88. The van der Waals surface area contributed by atoms with Crippen LogP contribution in [0.25, 0.3) is 0 Å². The van der Waals surface area contributed by atoms with Crippen LogP contribution in [0.15, 0.2) is 53.6 Å². The van der Waals surface area contributed by atoms with Crippen molar-refractivity contribution in [3.63, 3.8) is 0 Å². The molecular weight excluding hydrogens is 464 g/mol. The maximum absolute atomic E-state index is 12.4. The van der Waals surface area contributed by atoms with Crippen LogP contribution < -0.4 is 14.9 Å². The molecule has 0 aliphatic heterocycles. The molecule has 0 aliphatic rings. The lowest BCUT2D eigenvalue weighted by Crippen LogP contribution is -2.16. The number of amides is 1. The molecule has 0 aromatic heterocycles. The number of hydrogen-bond acceptors (Lipinski definition) is 5. The summed E-state index contributed by atoms with van der Waals surface area (Å²) >= 11 is 0. The second-order valence-corrected chi connectivity index (χ2v) is 9.41. The van der Waals surface area contributed by atoms with Gasteiger partial charge >= 0.3 is 5.97 Å². The molecule has 0 spiro atoms. The highest BCUT2D eigenvalue weighted by molar-refractivity contribution is 5.91. The molecule has 2 aromatic rings. The van der Waals surface area contributed by atoms with Gasteiger partial charge < -0.3 is 9.47 Å². The van der Waals surface area contributed by atoms with Gasteiger partial charge in [-0.2, -0.15) is 5.10 Å². The molecule has 0 atom stereocenters. The summed E-state index contributed by atoms with van der Waals surface area (Å²) in [7, 11) is 0. The fraction of sp³-hybridized carbons (Fsp3) is 0.516. The van der Waals surface area contributed by atoms with Crippen molar-refractivity contribution in [2.45, 2.75) is 97.3 Å². The van der Waals surface area contributed by atoms with E-state index in [0.717, 1.165) is 30.6 Å². The van der Waals surface area contributed by atoms with E-state index in [1.165, 1.54) is 57.8 Å². The van der Waals surface area contributed by atoms with E-state index in [4.69, 9.17) is 9.47 Å². The largest absolute Gasteiger partial charge is 0.494 e. The Bertz CT molecular complexity index is 923. The third-order valence-corrected chi connectivity index (χ3v) is 6.06. The lowest BCUT2D eigenvalue weighted by Gasteiger charge is -2.07. The fourth-order valence-corrected chi connectivity index (χ4v) is 3.88. The quantitative estimate of drug-likeness (QED) is 0.0689. The first-order valence-electron chi connectivity index (χ1n) is 14.0. The Morgan fingerprint density at radius 1 is 0.730 bits per heavy atom. The number of nitrogens with one attached hydrogen (secondary N) is 1. The van der Waals surface area contributed by atoms with Gasteiger partial charge in [0.1, 0.15) is 11.5 Å². The Balaban J connectivity index is 1.58. The first kappa shape index (κ1) is 30.1. The predicted molar refractivity (Wildman–Crippen MR) is 150 cm³/mol. The van der Waals surface area contributed by atoms with E-state index in [1.54, 1.807) is 54.7 Å². The molecule has 6 nitrogen and oxygen atoms in total. The van der Waals surface area contributed by atoms with Crippen molar-refractivity contribution in [1.29, 1.82) is 0 Å². The smallest absolute Gasteiger partial charge is 0.343 e. The van der Waals surface area contributed by atoms with Crippen molar-refractivity contribution in [1.82, 2.24) is 5.43 Å². The third-order valence-electron chi connectivity index (χ3n) is 6.06.